The van der Waals surface area contributed by atoms with E-state index in [-0.39, 0.29) is 36.5 Å². The van der Waals surface area contributed by atoms with Crippen LogP contribution in [0, 0.1) is 11.8 Å². The first kappa shape index (κ1) is 20.4. The highest BCUT2D eigenvalue weighted by Crippen LogP contribution is 2.33. The van der Waals surface area contributed by atoms with E-state index in [4.69, 9.17) is 9.47 Å². The fraction of sp³-hybridized carbons (Fsp3) is 0.773. The van der Waals surface area contributed by atoms with E-state index >= 15 is 0 Å². The summed E-state index contributed by atoms with van der Waals surface area (Å²) >= 11 is 0. The average molecular weight is 405 g/mol. The number of ketones is 1. The van der Waals surface area contributed by atoms with E-state index in [1.807, 2.05) is 11.0 Å². The highest BCUT2D eigenvalue weighted by atomic mass is 16.5. The number of carbonyl (C=O) groups excluding carboxylic acids is 3. The van der Waals surface area contributed by atoms with Gasteiger partial charge in [-0.15, -0.1) is 0 Å². The van der Waals surface area contributed by atoms with Gasteiger partial charge in [0.25, 0.3) is 0 Å². The lowest BCUT2D eigenvalue weighted by Crippen LogP contribution is -2.50. The van der Waals surface area contributed by atoms with Crippen LogP contribution in [0.1, 0.15) is 51.4 Å². The van der Waals surface area contributed by atoms with Crippen molar-refractivity contribution in [1.29, 1.82) is 0 Å². The van der Waals surface area contributed by atoms with Crippen molar-refractivity contribution in [3.05, 3.63) is 11.8 Å². The number of nitrogens with zero attached hydrogens (tertiary/aromatic N) is 2. The normalized spacial score (nSPS) is 26.6. The molecule has 0 aromatic heterocycles. The number of morpholine rings is 1. The van der Waals surface area contributed by atoms with Crippen LogP contribution in [0.25, 0.3) is 0 Å². The highest BCUT2D eigenvalue weighted by molar-refractivity contribution is 5.95. The second-order valence-corrected chi connectivity index (χ2v) is 8.72. The van der Waals surface area contributed by atoms with Gasteiger partial charge in [-0.05, 0) is 24.8 Å². The molecular formula is C22H32N2O5. The van der Waals surface area contributed by atoms with E-state index in [0.717, 1.165) is 19.3 Å². The number of hydrogen-bond acceptors (Lipinski definition) is 5. The molecule has 2 atom stereocenters. The fourth-order valence-corrected chi connectivity index (χ4v) is 5.17. The maximum absolute atomic E-state index is 13.6. The average Bonchev–Trinajstić information content (AvgIpc) is 3.15. The first-order chi connectivity index (χ1) is 14.1. The molecule has 4 aliphatic rings. The summed E-state index contributed by atoms with van der Waals surface area (Å²) in [6.45, 7) is 2.86. The van der Waals surface area contributed by atoms with Gasteiger partial charge in [-0.2, -0.15) is 0 Å². The molecule has 2 unspecified atom stereocenters. The monoisotopic (exact) mass is 404 g/mol. The van der Waals surface area contributed by atoms with E-state index in [9.17, 15) is 14.4 Å². The Morgan fingerprint density at radius 3 is 2.62 bits per heavy atom. The molecule has 4 rings (SSSR count). The Balaban J connectivity index is 1.48. The number of ether oxygens (including phenoxy) is 2. The summed E-state index contributed by atoms with van der Waals surface area (Å²) in [4.78, 5) is 42.4. The van der Waals surface area contributed by atoms with Crippen LogP contribution >= 0.6 is 0 Å². The van der Waals surface area contributed by atoms with Crippen LogP contribution in [0.3, 0.4) is 0 Å². The lowest BCUT2D eigenvalue weighted by molar-refractivity contribution is -0.146. The van der Waals surface area contributed by atoms with E-state index in [0.29, 0.717) is 50.9 Å². The molecule has 0 radical (unpaired) electrons. The van der Waals surface area contributed by atoms with Gasteiger partial charge in [-0.3, -0.25) is 14.4 Å². The second-order valence-electron chi connectivity index (χ2n) is 8.72. The SMILES string of the molecule is O=C1COC2=CCCN(C(=O)C(CC(=O)N3CCOCC3)CC3CCCCC3)C12. The molecule has 0 N–H and O–H groups in total. The fourth-order valence-electron chi connectivity index (χ4n) is 5.17. The predicted octanol–water partition coefficient (Wildman–Crippen LogP) is 1.91. The molecule has 3 fully saturated rings. The van der Waals surface area contributed by atoms with Gasteiger partial charge in [0, 0.05) is 32.0 Å². The molecule has 0 aromatic rings. The van der Waals surface area contributed by atoms with Gasteiger partial charge >= 0.3 is 0 Å². The van der Waals surface area contributed by atoms with Crippen molar-refractivity contribution in [2.45, 2.75) is 57.4 Å². The van der Waals surface area contributed by atoms with Gasteiger partial charge < -0.3 is 19.3 Å². The summed E-state index contributed by atoms with van der Waals surface area (Å²) in [5.41, 5.74) is 0. The number of carbonyl (C=O) groups is 3. The van der Waals surface area contributed by atoms with E-state index < -0.39 is 6.04 Å². The first-order valence-corrected chi connectivity index (χ1v) is 11.1. The molecule has 0 bridgehead atoms. The standard InChI is InChI=1S/C22H32N2O5/c25-18-15-29-19-7-4-8-24(21(18)19)22(27)17(13-16-5-2-1-3-6-16)14-20(26)23-9-11-28-12-10-23/h7,16-17,21H,1-6,8-15H2. The molecule has 2 saturated heterocycles. The molecule has 7 nitrogen and oxygen atoms in total. The van der Waals surface area contributed by atoms with Crippen molar-refractivity contribution in [3.63, 3.8) is 0 Å². The van der Waals surface area contributed by atoms with Crippen molar-refractivity contribution in [1.82, 2.24) is 9.80 Å². The van der Waals surface area contributed by atoms with Crippen molar-refractivity contribution in [2.24, 2.45) is 11.8 Å². The number of rotatable bonds is 5. The molecule has 3 heterocycles. The highest BCUT2D eigenvalue weighted by Gasteiger charge is 2.43. The van der Waals surface area contributed by atoms with E-state index in [1.54, 1.807) is 4.90 Å². The quantitative estimate of drug-likeness (QED) is 0.700. The van der Waals surface area contributed by atoms with E-state index in [1.165, 1.54) is 19.3 Å². The molecule has 29 heavy (non-hydrogen) atoms. The molecule has 1 aliphatic carbocycles. The van der Waals surface area contributed by atoms with Crippen LogP contribution in [0.4, 0.5) is 0 Å². The van der Waals surface area contributed by atoms with Crippen LogP contribution in [0.15, 0.2) is 11.8 Å². The molecular weight excluding hydrogens is 372 g/mol. The van der Waals surface area contributed by atoms with Gasteiger partial charge in [0.15, 0.2) is 11.8 Å². The van der Waals surface area contributed by atoms with Gasteiger partial charge in [-0.1, -0.05) is 32.1 Å². The minimum Gasteiger partial charge on any atom is -0.488 e. The van der Waals surface area contributed by atoms with Crippen LogP contribution in [0.2, 0.25) is 0 Å². The Labute approximate surface area is 172 Å². The maximum Gasteiger partial charge on any atom is 0.227 e. The van der Waals surface area contributed by atoms with Crippen LogP contribution in [-0.2, 0) is 23.9 Å². The number of Topliss-reactive ketones (excluding diaryl/α,β-unsaturated/α-hetero) is 1. The Bertz CT molecular complexity index is 664. The Morgan fingerprint density at radius 2 is 1.86 bits per heavy atom. The second kappa shape index (κ2) is 9.28. The van der Waals surface area contributed by atoms with E-state index in [2.05, 4.69) is 0 Å². The van der Waals surface area contributed by atoms with Gasteiger partial charge in [0.2, 0.25) is 11.8 Å². The zero-order chi connectivity index (χ0) is 20.2. The Kier molecular flexibility index (Phi) is 6.53. The smallest absolute Gasteiger partial charge is 0.227 e. The zero-order valence-corrected chi connectivity index (χ0v) is 17.1. The molecule has 7 heteroatoms. The molecule has 2 amide bonds. The summed E-state index contributed by atoms with van der Waals surface area (Å²) in [6, 6.07) is -0.580. The molecule has 3 aliphatic heterocycles. The minimum absolute atomic E-state index is 0.0317. The van der Waals surface area contributed by atoms with Crippen molar-refractivity contribution < 1.29 is 23.9 Å². The first-order valence-electron chi connectivity index (χ1n) is 11.1. The summed E-state index contributed by atoms with van der Waals surface area (Å²) < 4.78 is 10.8. The van der Waals surface area contributed by atoms with Crippen molar-refractivity contribution in [2.75, 3.05) is 39.5 Å². The third-order valence-electron chi connectivity index (χ3n) is 6.74. The lowest BCUT2D eigenvalue weighted by atomic mass is 9.81. The molecule has 160 valence electrons. The van der Waals surface area contributed by atoms with Crippen molar-refractivity contribution >= 4 is 17.6 Å². The third kappa shape index (κ3) is 4.65. The summed E-state index contributed by atoms with van der Waals surface area (Å²) in [5, 5.41) is 0. The largest absolute Gasteiger partial charge is 0.488 e. The number of fused-ring (bicyclic) bond motifs is 1. The third-order valence-corrected chi connectivity index (χ3v) is 6.74. The molecule has 0 spiro atoms. The van der Waals surface area contributed by atoms with Crippen molar-refractivity contribution in [3.8, 4) is 0 Å². The molecule has 0 aromatic carbocycles. The topological polar surface area (TPSA) is 76.2 Å². The van der Waals surface area contributed by atoms with Crippen LogP contribution < -0.4 is 0 Å². The predicted molar refractivity (Wildman–Crippen MR) is 106 cm³/mol. The van der Waals surface area contributed by atoms with Crippen LogP contribution in [0.5, 0.6) is 0 Å². The zero-order valence-electron chi connectivity index (χ0n) is 17.1. The Hall–Kier alpha value is -1.89. The summed E-state index contributed by atoms with van der Waals surface area (Å²) in [6.07, 6.45) is 9.52. The Morgan fingerprint density at radius 1 is 1.10 bits per heavy atom. The van der Waals surface area contributed by atoms with Crippen LogP contribution in [-0.4, -0.2) is 72.9 Å². The van der Waals surface area contributed by atoms with Gasteiger partial charge in [0.1, 0.15) is 12.4 Å². The summed E-state index contributed by atoms with van der Waals surface area (Å²) in [7, 11) is 0. The van der Waals surface area contributed by atoms with Gasteiger partial charge in [-0.25, -0.2) is 0 Å². The maximum atomic E-state index is 13.6. The lowest BCUT2D eigenvalue weighted by Gasteiger charge is -2.35. The van der Waals surface area contributed by atoms with Gasteiger partial charge in [0.05, 0.1) is 13.2 Å². The molecule has 1 saturated carbocycles. The minimum atomic E-state index is -0.580. The summed E-state index contributed by atoms with van der Waals surface area (Å²) in [5.74, 6) is 0.674. The number of hydrogen-bond donors (Lipinski definition) is 0. The number of amides is 2.